The number of nitrogens with two attached hydrogens (primary N) is 1. The number of hydrogen-bond donors (Lipinski definition) is 1. The van der Waals surface area contributed by atoms with Crippen LogP contribution in [0.4, 0.5) is 4.39 Å². The third kappa shape index (κ3) is 2.02. The first-order chi connectivity index (χ1) is 7.31. The van der Waals surface area contributed by atoms with E-state index in [9.17, 15) is 4.39 Å². The smallest absolute Gasteiger partial charge is 0.123 e. The van der Waals surface area contributed by atoms with Crippen molar-refractivity contribution < 1.29 is 4.39 Å². The molecule has 76 valence electrons. The lowest BCUT2D eigenvalue weighted by Crippen LogP contribution is -2.00. The summed E-state index contributed by atoms with van der Waals surface area (Å²) >= 11 is 0. The summed E-state index contributed by atoms with van der Waals surface area (Å²) in [7, 11) is 0. The second-order valence-corrected chi connectivity index (χ2v) is 3.23. The highest BCUT2D eigenvalue weighted by Gasteiger charge is 2.04. The summed E-state index contributed by atoms with van der Waals surface area (Å²) in [6, 6.07) is 10.1. The molecule has 0 radical (unpaired) electrons. The van der Waals surface area contributed by atoms with Gasteiger partial charge >= 0.3 is 0 Å². The first kappa shape index (κ1) is 9.80. The van der Waals surface area contributed by atoms with E-state index in [0.717, 1.165) is 16.8 Å². The number of benzene rings is 1. The van der Waals surface area contributed by atoms with Gasteiger partial charge in [0.1, 0.15) is 5.82 Å². The fourth-order valence-electron chi connectivity index (χ4n) is 1.50. The number of hydrogen-bond acceptors (Lipinski definition) is 2. The Kier molecular flexibility index (Phi) is 2.74. The molecule has 0 fully saturated rings. The minimum atomic E-state index is -0.263. The van der Waals surface area contributed by atoms with Crippen molar-refractivity contribution in [1.29, 1.82) is 0 Å². The topological polar surface area (TPSA) is 38.9 Å². The first-order valence-corrected chi connectivity index (χ1v) is 4.71. The molecule has 0 atom stereocenters. The molecule has 0 aliphatic heterocycles. The first-order valence-electron chi connectivity index (χ1n) is 4.71. The molecule has 3 heteroatoms. The minimum absolute atomic E-state index is 0.263. The minimum Gasteiger partial charge on any atom is -0.326 e. The summed E-state index contributed by atoms with van der Waals surface area (Å²) in [5.41, 5.74) is 8.02. The van der Waals surface area contributed by atoms with Crippen molar-refractivity contribution in [3.8, 4) is 11.3 Å². The Morgan fingerprint density at radius 3 is 2.80 bits per heavy atom. The van der Waals surface area contributed by atoms with Crippen LogP contribution < -0.4 is 5.73 Å². The third-order valence-corrected chi connectivity index (χ3v) is 2.21. The lowest BCUT2D eigenvalue weighted by molar-refractivity contribution is 0.628. The van der Waals surface area contributed by atoms with E-state index < -0.39 is 0 Å². The predicted octanol–water partition coefficient (Wildman–Crippen LogP) is 2.35. The zero-order chi connectivity index (χ0) is 10.7. The SMILES string of the molecule is NCc1cccnc1-c1cccc(F)c1. The molecule has 2 nitrogen and oxygen atoms in total. The molecule has 0 saturated heterocycles. The molecule has 0 spiro atoms. The molecule has 15 heavy (non-hydrogen) atoms. The molecule has 2 rings (SSSR count). The van der Waals surface area contributed by atoms with Crippen molar-refractivity contribution in [1.82, 2.24) is 4.98 Å². The zero-order valence-corrected chi connectivity index (χ0v) is 8.15. The van der Waals surface area contributed by atoms with E-state index in [-0.39, 0.29) is 5.82 Å². The van der Waals surface area contributed by atoms with Crippen LogP contribution in [0.1, 0.15) is 5.56 Å². The van der Waals surface area contributed by atoms with Crippen LogP contribution in [-0.2, 0) is 6.54 Å². The van der Waals surface area contributed by atoms with Crippen LogP contribution in [0.3, 0.4) is 0 Å². The van der Waals surface area contributed by atoms with Crippen molar-refractivity contribution in [2.24, 2.45) is 5.73 Å². The van der Waals surface area contributed by atoms with Crippen LogP contribution in [0.15, 0.2) is 42.6 Å². The highest BCUT2D eigenvalue weighted by molar-refractivity contribution is 5.62. The molecule has 1 aromatic carbocycles. The fourth-order valence-corrected chi connectivity index (χ4v) is 1.50. The average Bonchev–Trinajstić information content (AvgIpc) is 2.29. The largest absolute Gasteiger partial charge is 0.326 e. The molecule has 2 aromatic rings. The van der Waals surface area contributed by atoms with Gasteiger partial charge in [-0.05, 0) is 23.8 Å². The Balaban J connectivity index is 2.53. The van der Waals surface area contributed by atoms with Crippen LogP contribution in [0.5, 0.6) is 0 Å². The molecule has 1 aromatic heterocycles. The monoisotopic (exact) mass is 202 g/mol. The van der Waals surface area contributed by atoms with Gasteiger partial charge in [0.15, 0.2) is 0 Å². The van der Waals surface area contributed by atoms with Gasteiger partial charge in [0, 0.05) is 18.3 Å². The quantitative estimate of drug-likeness (QED) is 0.811. The van der Waals surface area contributed by atoms with Gasteiger partial charge in [0.2, 0.25) is 0 Å². The van der Waals surface area contributed by atoms with Gasteiger partial charge in [0.25, 0.3) is 0 Å². The van der Waals surface area contributed by atoms with E-state index in [4.69, 9.17) is 5.73 Å². The molecule has 0 bridgehead atoms. The highest BCUT2D eigenvalue weighted by Crippen LogP contribution is 2.21. The molecule has 1 heterocycles. The van der Waals surface area contributed by atoms with Crippen molar-refractivity contribution in [3.63, 3.8) is 0 Å². The number of halogens is 1. The van der Waals surface area contributed by atoms with Crippen molar-refractivity contribution >= 4 is 0 Å². The molecule has 0 amide bonds. The van der Waals surface area contributed by atoms with Crippen LogP contribution in [0.2, 0.25) is 0 Å². The summed E-state index contributed by atoms with van der Waals surface area (Å²) in [6.07, 6.45) is 1.68. The molecule has 2 N–H and O–H groups in total. The van der Waals surface area contributed by atoms with Crippen molar-refractivity contribution in [2.45, 2.75) is 6.54 Å². The van der Waals surface area contributed by atoms with Crippen LogP contribution >= 0.6 is 0 Å². The maximum absolute atomic E-state index is 13.0. The Morgan fingerprint density at radius 2 is 2.07 bits per heavy atom. The van der Waals surface area contributed by atoms with Crippen LogP contribution in [0.25, 0.3) is 11.3 Å². The lowest BCUT2D eigenvalue weighted by Gasteiger charge is -2.05. The molecule has 0 aliphatic carbocycles. The summed E-state index contributed by atoms with van der Waals surface area (Å²) < 4.78 is 13.0. The van der Waals surface area contributed by atoms with E-state index in [1.807, 2.05) is 18.2 Å². The second kappa shape index (κ2) is 4.19. The molecule has 0 aliphatic rings. The molecular weight excluding hydrogens is 191 g/mol. The lowest BCUT2D eigenvalue weighted by atomic mass is 10.1. The van der Waals surface area contributed by atoms with E-state index in [1.165, 1.54) is 12.1 Å². The van der Waals surface area contributed by atoms with E-state index >= 15 is 0 Å². The second-order valence-electron chi connectivity index (χ2n) is 3.23. The summed E-state index contributed by atoms with van der Waals surface area (Å²) in [4.78, 5) is 4.21. The van der Waals surface area contributed by atoms with Crippen molar-refractivity contribution in [3.05, 3.63) is 54.0 Å². The number of nitrogens with zero attached hydrogens (tertiary/aromatic N) is 1. The van der Waals surface area contributed by atoms with Gasteiger partial charge in [-0.3, -0.25) is 4.98 Å². The standard InChI is InChI=1S/C12H11FN2/c13-11-5-1-3-9(7-11)12-10(8-14)4-2-6-15-12/h1-7H,8,14H2. The number of pyridine rings is 1. The van der Waals surface area contributed by atoms with Crippen LogP contribution in [-0.4, -0.2) is 4.98 Å². The number of rotatable bonds is 2. The third-order valence-electron chi connectivity index (χ3n) is 2.21. The molecule has 0 unspecified atom stereocenters. The highest BCUT2D eigenvalue weighted by atomic mass is 19.1. The average molecular weight is 202 g/mol. The maximum Gasteiger partial charge on any atom is 0.123 e. The summed E-state index contributed by atoms with van der Waals surface area (Å²) in [5.74, 6) is -0.263. The van der Waals surface area contributed by atoms with Gasteiger partial charge in [0.05, 0.1) is 5.69 Å². The molecular formula is C12H11FN2. The normalized spacial score (nSPS) is 10.3. The van der Waals surface area contributed by atoms with Crippen molar-refractivity contribution in [2.75, 3.05) is 0 Å². The summed E-state index contributed by atoms with van der Waals surface area (Å²) in [6.45, 7) is 0.402. The van der Waals surface area contributed by atoms with Gasteiger partial charge in [-0.15, -0.1) is 0 Å². The van der Waals surface area contributed by atoms with E-state index in [0.29, 0.717) is 6.54 Å². The van der Waals surface area contributed by atoms with Gasteiger partial charge in [-0.1, -0.05) is 18.2 Å². The summed E-state index contributed by atoms with van der Waals surface area (Å²) in [5, 5.41) is 0. The maximum atomic E-state index is 13.0. The van der Waals surface area contributed by atoms with Gasteiger partial charge in [-0.2, -0.15) is 0 Å². The number of aromatic nitrogens is 1. The molecule has 0 saturated carbocycles. The van der Waals surface area contributed by atoms with Gasteiger partial charge < -0.3 is 5.73 Å². The van der Waals surface area contributed by atoms with Gasteiger partial charge in [-0.25, -0.2) is 4.39 Å². The Labute approximate surface area is 87.6 Å². The zero-order valence-electron chi connectivity index (χ0n) is 8.15. The Bertz CT molecular complexity index is 469. The predicted molar refractivity (Wildman–Crippen MR) is 57.5 cm³/mol. The van der Waals surface area contributed by atoms with Crippen LogP contribution in [0, 0.1) is 5.82 Å². The van der Waals surface area contributed by atoms with E-state index in [1.54, 1.807) is 12.3 Å². The Hall–Kier alpha value is -1.74. The fraction of sp³-hybridized carbons (Fsp3) is 0.0833. The Morgan fingerprint density at radius 1 is 1.20 bits per heavy atom. The van der Waals surface area contributed by atoms with E-state index in [2.05, 4.69) is 4.98 Å².